The van der Waals surface area contributed by atoms with Crippen LogP contribution in [0.3, 0.4) is 0 Å². The first-order valence-corrected chi connectivity index (χ1v) is 9.53. The molecule has 9 nitrogen and oxygen atoms in total. The molecular weight excluding hydrogens is 369 g/mol. The molecule has 0 bridgehead atoms. The Morgan fingerprint density at radius 2 is 2.07 bits per heavy atom. The van der Waals surface area contributed by atoms with Crippen molar-refractivity contribution in [1.29, 1.82) is 0 Å². The van der Waals surface area contributed by atoms with Crippen LogP contribution in [0.15, 0.2) is 15.7 Å². The highest BCUT2D eigenvalue weighted by Gasteiger charge is 2.57. The van der Waals surface area contributed by atoms with Gasteiger partial charge in [-0.2, -0.15) is 4.68 Å². The molecule has 4 N–H and O–H groups in total. The van der Waals surface area contributed by atoms with Crippen LogP contribution in [0.4, 0.5) is 10.2 Å². The Hall–Kier alpha value is -2.46. The number of hydrogen-bond acceptors (Lipinski definition) is 7. The molecule has 0 radical (unpaired) electrons. The predicted octanol–water partition coefficient (Wildman–Crippen LogP) is -0.684. The van der Waals surface area contributed by atoms with E-state index in [-0.39, 0.29) is 40.8 Å². The molecule has 1 saturated heterocycles. The van der Waals surface area contributed by atoms with Crippen LogP contribution >= 0.6 is 0 Å². The summed E-state index contributed by atoms with van der Waals surface area (Å²) in [6.45, 7) is 0.537. The molecule has 2 atom stereocenters. The quantitative estimate of drug-likeness (QED) is 0.589. The Balaban J connectivity index is 1.65. The van der Waals surface area contributed by atoms with Crippen LogP contribution in [0, 0.1) is 17.2 Å². The first-order valence-electron chi connectivity index (χ1n) is 9.53. The number of halogens is 1. The lowest BCUT2D eigenvalue weighted by Crippen LogP contribution is -2.45. The number of nitrogens with two attached hydrogens (primary N) is 1. The number of aliphatic hydroxyl groups excluding tert-OH is 2. The minimum absolute atomic E-state index is 0.0254. The van der Waals surface area contributed by atoms with Gasteiger partial charge in [-0.1, -0.05) is 0 Å². The lowest BCUT2D eigenvalue weighted by Gasteiger charge is -2.21. The molecule has 1 aliphatic heterocycles. The van der Waals surface area contributed by atoms with E-state index in [9.17, 15) is 24.2 Å². The van der Waals surface area contributed by atoms with Gasteiger partial charge in [0.25, 0.3) is 5.56 Å². The van der Waals surface area contributed by atoms with E-state index in [1.807, 2.05) is 0 Å². The van der Waals surface area contributed by atoms with Gasteiger partial charge in [0.05, 0.1) is 18.1 Å². The van der Waals surface area contributed by atoms with E-state index in [2.05, 4.69) is 4.98 Å². The van der Waals surface area contributed by atoms with Crippen molar-refractivity contribution in [2.75, 3.05) is 30.4 Å². The fraction of sp³-hybridized carbons (Fsp3) is 0.611. The van der Waals surface area contributed by atoms with E-state index < -0.39 is 23.2 Å². The highest BCUT2D eigenvalue weighted by molar-refractivity contribution is 5.77. The molecule has 2 aromatic rings. The maximum absolute atomic E-state index is 14.9. The largest absolute Gasteiger partial charge is 0.394 e. The smallest absolute Gasteiger partial charge is 0.351 e. The molecule has 1 spiro atoms. The Labute approximate surface area is 158 Å². The minimum Gasteiger partial charge on any atom is -0.394 e. The number of anilines is 1. The van der Waals surface area contributed by atoms with Gasteiger partial charge < -0.3 is 21.0 Å². The van der Waals surface area contributed by atoms with E-state index in [0.29, 0.717) is 17.8 Å². The van der Waals surface area contributed by atoms with Gasteiger partial charge in [0.15, 0.2) is 17.3 Å². The molecule has 0 amide bonds. The van der Waals surface area contributed by atoms with Crippen LogP contribution in [-0.4, -0.2) is 50.2 Å². The van der Waals surface area contributed by atoms with Crippen molar-refractivity contribution in [2.45, 2.75) is 37.8 Å². The van der Waals surface area contributed by atoms with Crippen LogP contribution in [0.25, 0.3) is 11.0 Å². The van der Waals surface area contributed by atoms with Gasteiger partial charge in [-0.3, -0.25) is 9.36 Å². The normalized spacial score (nSPS) is 24.2. The van der Waals surface area contributed by atoms with Gasteiger partial charge in [-0.15, -0.1) is 0 Å². The number of nitrogens with zero attached hydrogens (tertiary/aromatic N) is 4. The van der Waals surface area contributed by atoms with Crippen LogP contribution in [-0.2, 0) is 0 Å². The summed E-state index contributed by atoms with van der Waals surface area (Å²) in [4.78, 5) is 31.0. The number of hydrogen-bond donors (Lipinski definition) is 3. The van der Waals surface area contributed by atoms with Crippen molar-refractivity contribution in [3.8, 4) is 0 Å². The molecule has 28 heavy (non-hydrogen) atoms. The molecule has 3 heterocycles. The zero-order valence-corrected chi connectivity index (χ0v) is 15.2. The monoisotopic (exact) mass is 391 g/mol. The number of fused-ring (bicyclic) bond motifs is 1. The Morgan fingerprint density at radius 1 is 1.36 bits per heavy atom. The van der Waals surface area contributed by atoms with E-state index in [1.54, 1.807) is 4.90 Å². The van der Waals surface area contributed by atoms with Gasteiger partial charge in [0, 0.05) is 25.0 Å². The fourth-order valence-electron chi connectivity index (χ4n) is 4.62. The SMILES string of the molecule is Nn1c(=O)c2cc(F)c(N3CC(C(O)CO)C4(CC4)C3)nc2n(C2CC2)c1=O. The summed E-state index contributed by atoms with van der Waals surface area (Å²) in [7, 11) is 0. The summed E-state index contributed by atoms with van der Waals surface area (Å²) in [6, 6.07) is 1.00. The molecule has 5 rings (SSSR count). The van der Waals surface area contributed by atoms with Crippen molar-refractivity contribution in [3.63, 3.8) is 0 Å². The summed E-state index contributed by atoms with van der Waals surface area (Å²) in [5.41, 5.74) is -1.42. The van der Waals surface area contributed by atoms with Gasteiger partial charge in [0.1, 0.15) is 0 Å². The van der Waals surface area contributed by atoms with Crippen molar-refractivity contribution in [2.24, 2.45) is 11.3 Å². The van der Waals surface area contributed by atoms with Gasteiger partial charge in [-0.05, 0) is 37.2 Å². The zero-order chi connectivity index (χ0) is 19.8. The molecule has 3 aliphatic rings. The van der Waals surface area contributed by atoms with Gasteiger partial charge >= 0.3 is 5.69 Å². The molecule has 2 aromatic heterocycles. The lowest BCUT2D eigenvalue weighted by molar-refractivity contribution is 0.0335. The molecule has 3 fully saturated rings. The lowest BCUT2D eigenvalue weighted by atomic mass is 9.88. The second kappa shape index (κ2) is 5.77. The Bertz CT molecular complexity index is 1090. The molecule has 150 valence electrons. The maximum Gasteiger partial charge on any atom is 0.351 e. The van der Waals surface area contributed by atoms with Crippen molar-refractivity contribution < 1.29 is 14.6 Å². The average molecular weight is 391 g/mol. The van der Waals surface area contributed by atoms with Crippen molar-refractivity contribution in [1.82, 2.24) is 14.2 Å². The molecule has 0 aromatic carbocycles. The molecule has 2 unspecified atom stereocenters. The highest BCUT2D eigenvalue weighted by Crippen LogP contribution is 2.57. The second-order valence-corrected chi connectivity index (χ2v) is 8.32. The number of pyridine rings is 1. The zero-order valence-electron chi connectivity index (χ0n) is 15.2. The van der Waals surface area contributed by atoms with Gasteiger partial charge in [0.2, 0.25) is 0 Å². The van der Waals surface area contributed by atoms with Crippen LogP contribution in [0.1, 0.15) is 31.7 Å². The third-order valence-electron chi connectivity index (χ3n) is 6.49. The van der Waals surface area contributed by atoms with E-state index >= 15 is 0 Å². The number of nitrogen functional groups attached to an aromatic ring is 1. The molecular formula is C18H22FN5O4. The second-order valence-electron chi connectivity index (χ2n) is 8.32. The maximum atomic E-state index is 14.9. The van der Waals surface area contributed by atoms with E-state index in [1.165, 1.54) is 4.57 Å². The first kappa shape index (κ1) is 17.6. The topological polar surface area (TPSA) is 127 Å². The van der Waals surface area contributed by atoms with Gasteiger partial charge in [-0.25, -0.2) is 14.2 Å². The Kier molecular flexibility index (Phi) is 3.63. The van der Waals surface area contributed by atoms with E-state index in [4.69, 9.17) is 5.84 Å². The number of aliphatic hydroxyl groups is 2. The minimum atomic E-state index is -0.870. The van der Waals surface area contributed by atoms with Crippen molar-refractivity contribution in [3.05, 3.63) is 32.7 Å². The summed E-state index contributed by atoms with van der Waals surface area (Å²) in [6.07, 6.45) is 2.50. The number of aromatic nitrogens is 3. The fourth-order valence-corrected chi connectivity index (χ4v) is 4.62. The van der Waals surface area contributed by atoms with Crippen LogP contribution in [0.5, 0.6) is 0 Å². The standard InChI is InChI=1S/C18H22FN5O4/c19-12-5-10-14(23(9-1-2-9)17(28)24(20)16(10)27)21-15(12)22-6-11(13(26)7-25)18(8-22)3-4-18/h5,9,11,13,25-26H,1-4,6-8,20H2. The first-order chi connectivity index (χ1) is 13.4. The van der Waals surface area contributed by atoms with Crippen LogP contribution < -0.4 is 22.0 Å². The van der Waals surface area contributed by atoms with E-state index in [0.717, 1.165) is 31.7 Å². The molecule has 10 heteroatoms. The summed E-state index contributed by atoms with van der Waals surface area (Å²) in [5, 5.41) is 19.5. The third kappa shape index (κ3) is 2.40. The molecule has 2 saturated carbocycles. The highest BCUT2D eigenvalue weighted by atomic mass is 19.1. The molecule has 2 aliphatic carbocycles. The predicted molar refractivity (Wildman–Crippen MR) is 99.1 cm³/mol. The average Bonchev–Trinajstić information content (AvgIpc) is 3.59. The van der Waals surface area contributed by atoms with Crippen molar-refractivity contribution >= 4 is 16.9 Å². The summed E-state index contributed by atoms with van der Waals surface area (Å²) in [5.74, 6) is 4.82. The Morgan fingerprint density at radius 3 is 2.68 bits per heavy atom. The number of rotatable bonds is 4. The summed E-state index contributed by atoms with van der Waals surface area (Å²) >= 11 is 0. The third-order valence-corrected chi connectivity index (χ3v) is 6.49. The van der Waals surface area contributed by atoms with Crippen LogP contribution in [0.2, 0.25) is 0 Å². The summed E-state index contributed by atoms with van der Waals surface area (Å²) < 4.78 is 16.8.